The second-order valence-corrected chi connectivity index (χ2v) is 10.6. The Labute approximate surface area is 195 Å². The van der Waals surface area contributed by atoms with Gasteiger partial charge < -0.3 is 5.32 Å². The highest BCUT2D eigenvalue weighted by atomic mass is 32.2. The predicted molar refractivity (Wildman–Crippen MR) is 129 cm³/mol. The van der Waals surface area contributed by atoms with Gasteiger partial charge in [0.1, 0.15) is 12.4 Å². The fourth-order valence-electron chi connectivity index (χ4n) is 3.92. The van der Waals surface area contributed by atoms with E-state index in [9.17, 15) is 17.6 Å². The van der Waals surface area contributed by atoms with Gasteiger partial charge in [-0.1, -0.05) is 62.4 Å². The van der Waals surface area contributed by atoms with Crippen molar-refractivity contribution in [1.82, 2.24) is 5.32 Å². The largest absolute Gasteiger partial charge is 0.352 e. The highest BCUT2D eigenvalue weighted by Crippen LogP contribution is 2.28. The van der Waals surface area contributed by atoms with Gasteiger partial charge in [0, 0.05) is 6.04 Å². The van der Waals surface area contributed by atoms with Crippen LogP contribution in [0.4, 0.5) is 10.1 Å². The third-order valence-corrected chi connectivity index (χ3v) is 7.30. The summed E-state index contributed by atoms with van der Waals surface area (Å²) in [6, 6.07) is 22.8. The zero-order chi connectivity index (χ0) is 24.1. The van der Waals surface area contributed by atoms with Crippen molar-refractivity contribution in [3.8, 4) is 0 Å². The number of rotatable bonds is 9. The smallest absolute Gasteiger partial charge is 0.264 e. The molecule has 0 heterocycles. The summed E-state index contributed by atoms with van der Waals surface area (Å²) in [7, 11) is -4.03. The molecule has 5 nitrogen and oxygen atoms in total. The van der Waals surface area contributed by atoms with Crippen molar-refractivity contribution in [3.05, 3.63) is 96.3 Å². The van der Waals surface area contributed by atoms with Crippen molar-refractivity contribution in [1.29, 1.82) is 0 Å². The fourth-order valence-corrected chi connectivity index (χ4v) is 5.36. The normalized spacial score (nSPS) is 12.7. The number of benzene rings is 3. The number of sulfonamides is 1. The van der Waals surface area contributed by atoms with Crippen LogP contribution in [-0.2, 0) is 20.2 Å². The number of amides is 1. The average molecular weight is 469 g/mol. The first-order chi connectivity index (χ1) is 15.6. The van der Waals surface area contributed by atoms with Gasteiger partial charge in [-0.05, 0) is 60.7 Å². The lowest BCUT2D eigenvalue weighted by atomic mass is 9.79. The molecule has 1 amide bonds. The predicted octanol–water partition coefficient (Wildman–Crippen LogP) is 4.89. The van der Waals surface area contributed by atoms with E-state index in [1.807, 2.05) is 25.1 Å². The molecule has 7 heteroatoms. The Morgan fingerprint density at radius 2 is 1.48 bits per heavy atom. The van der Waals surface area contributed by atoms with Gasteiger partial charge in [-0.3, -0.25) is 9.10 Å². The van der Waals surface area contributed by atoms with Crippen LogP contribution in [0.1, 0.15) is 32.8 Å². The molecule has 1 N–H and O–H groups in total. The van der Waals surface area contributed by atoms with Crippen LogP contribution in [0.3, 0.4) is 0 Å². The Kier molecular flexibility index (Phi) is 7.53. The molecule has 0 spiro atoms. The summed E-state index contributed by atoms with van der Waals surface area (Å²) in [5.74, 6) is -0.924. The molecule has 174 valence electrons. The molecule has 0 bridgehead atoms. The maximum absolute atomic E-state index is 13.5. The lowest BCUT2D eigenvalue weighted by molar-refractivity contribution is -0.120. The highest BCUT2D eigenvalue weighted by molar-refractivity contribution is 7.92. The molecule has 0 aliphatic carbocycles. The lowest BCUT2D eigenvalue weighted by Gasteiger charge is -2.30. The van der Waals surface area contributed by atoms with Crippen molar-refractivity contribution < 1.29 is 17.6 Å². The van der Waals surface area contributed by atoms with E-state index in [0.29, 0.717) is 6.42 Å². The van der Waals surface area contributed by atoms with E-state index in [2.05, 4.69) is 31.3 Å². The standard InChI is InChI=1S/C26H29FN2O3S/c1-20(18-26(2,3)21-10-6-4-7-11-21)28-25(30)19-29(23-16-14-22(27)15-17-23)33(31,32)24-12-8-5-9-13-24/h4-17,20H,18-19H2,1-3H3,(H,28,30). The van der Waals surface area contributed by atoms with Gasteiger partial charge in [0.15, 0.2) is 0 Å². The molecule has 0 aliphatic rings. The van der Waals surface area contributed by atoms with Crippen molar-refractivity contribution in [2.45, 2.75) is 43.5 Å². The van der Waals surface area contributed by atoms with E-state index < -0.39 is 28.3 Å². The van der Waals surface area contributed by atoms with Crippen LogP contribution < -0.4 is 9.62 Å². The molecule has 1 atom stereocenters. The summed E-state index contributed by atoms with van der Waals surface area (Å²) >= 11 is 0. The molecule has 0 fully saturated rings. The van der Waals surface area contributed by atoms with Gasteiger partial charge in [0.2, 0.25) is 5.91 Å². The number of hydrogen-bond donors (Lipinski definition) is 1. The zero-order valence-electron chi connectivity index (χ0n) is 19.0. The number of halogens is 1. The van der Waals surface area contributed by atoms with E-state index in [0.717, 1.165) is 9.87 Å². The summed E-state index contributed by atoms with van der Waals surface area (Å²) in [4.78, 5) is 13.0. The van der Waals surface area contributed by atoms with Crippen LogP contribution in [0.15, 0.2) is 89.8 Å². The molecular formula is C26H29FN2O3S. The van der Waals surface area contributed by atoms with Gasteiger partial charge in [-0.2, -0.15) is 0 Å². The number of hydrogen-bond acceptors (Lipinski definition) is 3. The van der Waals surface area contributed by atoms with Crippen molar-refractivity contribution >= 4 is 21.6 Å². The summed E-state index contributed by atoms with van der Waals surface area (Å²) in [6.07, 6.45) is 0.671. The van der Waals surface area contributed by atoms with E-state index in [1.165, 1.54) is 36.4 Å². The van der Waals surface area contributed by atoms with Crippen LogP contribution >= 0.6 is 0 Å². The molecule has 3 rings (SSSR count). The third-order valence-electron chi connectivity index (χ3n) is 5.51. The number of nitrogens with zero attached hydrogens (tertiary/aromatic N) is 1. The monoisotopic (exact) mass is 468 g/mol. The van der Waals surface area contributed by atoms with Crippen LogP contribution in [-0.4, -0.2) is 26.9 Å². The average Bonchev–Trinajstić information content (AvgIpc) is 2.79. The Bertz CT molecular complexity index is 1170. The molecule has 0 radical (unpaired) electrons. The lowest BCUT2D eigenvalue weighted by Crippen LogP contribution is -2.45. The summed E-state index contributed by atoms with van der Waals surface area (Å²) in [6.45, 7) is 5.70. The topological polar surface area (TPSA) is 66.5 Å². The van der Waals surface area contributed by atoms with Crippen LogP contribution in [0.2, 0.25) is 0 Å². The Morgan fingerprint density at radius 3 is 2.06 bits per heavy atom. The zero-order valence-corrected chi connectivity index (χ0v) is 19.8. The van der Waals surface area contributed by atoms with Crippen molar-refractivity contribution in [3.63, 3.8) is 0 Å². The van der Waals surface area contributed by atoms with E-state index in [1.54, 1.807) is 18.2 Å². The minimum atomic E-state index is -4.03. The summed E-state index contributed by atoms with van der Waals surface area (Å²) in [5, 5.41) is 2.92. The molecule has 0 aromatic heterocycles. The molecule has 0 saturated carbocycles. The third kappa shape index (κ3) is 6.20. The van der Waals surface area contributed by atoms with Crippen molar-refractivity contribution in [2.24, 2.45) is 0 Å². The van der Waals surface area contributed by atoms with Crippen molar-refractivity contribution in [2.75, 3.05) is 10.8 Å². The maximum atomic E-state index is 13.5. The molecular weight excluding hydrogens is 439 g/mol. The molecule has 3 aromatic rings. The van der Waals surface area contributed by atoms with Crippen LogP contribution in [0.25, 0.3) is 0 Å². The van der Waals surface area contributed by atoms with Gasteiger partial charge >= 0.3 is 0 Å². The first kappa shape index (κ1) is 24.5. The summed E-state index contributed by atoms with van der Waals surface area (Å²) in [5.41, 5.74) is 1.19. The van der Waals surface area contributed by atoms with Gasteiger partial charge in [-0.25, -0.2) is 12.8 Å². The van der Waals surface area contributed by atoms with Crippen LogP contribution in [0, 0.1) is 5.82 Å². The number of nitrogens with one attached hydrogen (secondary N) is 1. The summed E-state index contributed by atoms with van der Waals surface area (Å²) < 4.78 is 41.1. The van der Waals surface area contributed by atoms with Gasteiger partial charge in [0.05, 0.1) is 10.6 Å². The van der Waals surface area contributed by atoms with E-state index in [4.69, 9.17) is 0 Å². The molecule has 1 unspecified atom stereocenters. The minimum Gasteiger partial charge on any atom is -0.352 e. The Morgan fingerprint density at radius 1 is 0.939 bits per heavy atom. The quantitative estimate of drug-likeness (QED) is 0.486. The van der Waals surface area contributed by atoms with E-state index >= 15 is 0 Å². The molecule has 33 heavy (non-hydrogen) atoms. The van der Waals surface area contributed by atoms with Gasteiger partial charge in [-0.15, -0.1) is 0 Å². The SMILES string of the molecule is CC(CC(C)(C)c1ccccc1)NC(=O)CN(c1ccc(F)cc1)S(=O)(=O)c1ccccc1. The Balaban J connectivity index is 1.78. The highest BCUT2D eigenvalue weighted by Gasteiger charge is 2.29. The fraction of sp³-hybridized carbons (Fsp3) is 0.269. The molecule has 0 saturated heterocycles. The number of anilines is 1. The first-order valence-electron chi connectivity index (χ1n) is 10.8. The van der Waals surface area contributed by atoms with Crippen LogP contribution in [0.5, 0.6) is 0 Å². The molecule has 0 aliphatic heterocycles. The van der Waals surface area contributed by atoms with E-state index in [-0.39, 0.29) is 22.0 Å². The second kappa shape index (κ2) is 10.2. The number of carbonyl (C=O) groups is 1. The maximum Gasteiger partial charge on any atom is 0.264 e. The van der Waals surface area contributed by atoms with Gasteiger partial charge in [0.25, 0.3) is 10.0 Å². The second-order valence-electron chi connectivity index (χ2n) is 8.72. The first-order valence-corrected chi connectivity index (χ1v) is 12.2. The minimum absolute atomic E-state index is 0.0559. The Hall–Kier alpha value is -3.19. The number of carbonyl (C=O) groups excluding carboxylic acids is 1. The molecule has 3 aromatic carbocycles.